The Labute approximate surface area is 133 Å². The fourth-order valence-corrected chi connectivity index (χ4v) is 3.18. The standard InChI is InChI=1S/C17H14O5S/c1-23(20,21)12-8-6-11(7-9-12)15(18)10-16-13-4-2-3-5-14(13)17(19)22-16/h2-9,16H,10H2,1H3. The first-order chi connectivity index (χ1) is 10.9. The summed E-state index contributed by atoms with van der Waals surface area (Å²) < 4.78 is 28.1. The maximum Gasteiger partial charge on any atom is 0.339 e. The van der Waals surface area contributed by atoms with Gasteiger partial charge in [-0.05, 0) is 18.2 Å². The Hall–Kier alpha value is -2.47. The van der Waals surface area contributed by atoms with E-state index >= 15 is 0 Å². The lowest BCUT2D eigenvalue weighted by atomic mass is 9.99. The molecule has 3 rings (SSSR count). The first-order valence-electron chi connectivity index (χ1n) is 6.99. The topological polar surface area (TPSA) is 77.5 Å². The van der Waals surface area contributed by atoms with Crippen LogP contribution in [-0.4, -0.2) is 26.4 Å². The SMILES string of the molecule is CS(=O)(=O)c1ccc(C(=O)CC2OC(=O)c3ccccc32)cc1. The molecule has 0 radical (unpaired) electrons. The molecule has 0 N–H and O–H groups in total. The monoisotopic (exact) mass is 330 g/mol. The van der Waals surface area contributed by atoms with Crippen molar-refractivity contribution in [3.63, 3.8) is 0 Å². The first-order valence-corrected chi connectivity index (χ1v) is 8.88. The van der Waals surface area contributed by atoms with Gasteiger partial charge >= 0.3 is 5.97 Å². The number of hydrogen-bond acceptors (Lipinski definition) is 5. The highest BCUT2D eigenvalue weighted by atomic mass is 32.2. The highest BCUT2D eigenvalue weighted by molar-refractivity contribution is 7.90. The molecule has 0 bridgehead atoms. The number of rotatable bonds is 4. The van der Waals surface area contributed by atoms with Crippen molar-refractivity contribution in [2.24, 2.45) is 0 Å². The quantitative estimate of drug-likeness (QED) is 0.636. The largest absolute Gasteiger partial charge is 0.453 e. The summed E-state index contributed by atoms with van der Waals surface area (Å²) in [7, 11) is -3.30. The van der Waals surface area contributed by atoms with E-state index in [-0.39, 0.29) is 17.1 Å². The number of ketones is 1. The Kier molecular flexibility index (Phi) is 3.77. The molecule has 2 aromatic carbocycles. The molecule has 0 amide bonds. The van der Waals surface area contributed by atoms with Crippen molar-refractivity contribution >= 4 is 21.6 Å². The van der Waals surface area contributed by atoms with E-state index in [0.717, 1.165) is 6.26 Å². The van der Waals surface area contributed by atoms with E-state index in [9.17, 15) is 18.0 Å². The molecule has 5 nitrogen and oxygen atoms in total. The second-order valence-corrected chi connectivity index (χ2v) is 7.42. The minimum atomic E-state index is -3.30. The fourth-order valence-electron chi connectivity index (χ4n) is 2.55. The highest BCUT2D eigenvalue weighted by Crippen LogP contribution is 2.33. The van der Waals surface area contributed by atoms with Crippen molar-refractivity contribution in [2.75, 3.05) is 6.26 Å². The molecule has 0 saturated carbocycles. The summed E-state index contributed by atoms with van der Waals surface area (Å²) in [6.07, 6.45) is 0.542. The number of carbonyl (C=O) groups excluding carboxylic acids is 2. The van der Waals surface area contributed by atoms with Gasteiger partial charge in [-0.3, -0.25) is 4.79 Å². The molecular weight excluding hydrogens is 316 g/mol. The smallest absolute Gasteiger partial charge is 0.339 e. The summed E-state index contributed by atoms with van der Waals surface area (Å²) in [5, 5.41) is 0. The second-order valence-electron chi connectivity index (χ2n) is 5.41. The molecule has 1 heterocycles. The number of esters is 1. The molecule has 0 spiro atoms. The third kappa shape index (κ3) is 3.03. The lowest BCUT2D eigenvalue weighted by molar-refractivity contribution is 0.0367. The maximum absolute atomic E-state index is 12.3. The van der Waals surface area contributed by atoms with Crippen molar-refractivity contribution in [1.82, 2.24) is 0 Å². The number of benzene rings is 2. The fraction of sp³-hybridized carbons (Fsp3) is 0.176. The average molecular weight is 330 g/mol. The van der Waals surface area contributed by atoms with Crippen LogP contribution in [0.5, 0.6) is 0 Å². The number of Topliss-reactive ketones (excluding diaryl/α,β-unsaturated/α-hetero) is 1. The molecule has 1 aliphatic heterocycles. The van der Waals surface area contributed by atoms with Gasteiger partial charge in [-0.1, -0.05) is 30.3 Å². The van der Waals surface area contributed by atoms with Gasteiger partial charge in [-0.15, -0.1) is 0 Å². The second kappa shape index (κ2) is 5.62. The summed E-state index contributed by atoms with van der Waals surface area (Å²) in [5.74, 6) is -0.634. The van der Waals surface area contributed by atoms with Crippen LogP contribution in [0.25, 0.3) is 0 Å². The van der Waals surface area contributed by atoms with Crippen LogP contribution in [0.3, 0.4) is 0 Å². The molecule has 0 fully saturated rings. The summed E-state index contributed by atoms with van der Waals surface area (Å²) in [4.78, 5) is 24.2. The predicted molar refractivity (Wildman–Crippen MR) is 83.1 cm³/mol. The maximum atomic E-state index is 12.3. The van der Waals surface area contributed by atoms with E-state index in [1.807, 2.05) is 0 Å². The Morgan fingerprint density at radius 1 is 1.09 bits per heavy atom. The molecule has 1 atom stereocenters. The van der Waals surface area contributed by atoms with Gasteiger partial charge in [0.1, 0.15) is 6.10 Å². The van der Waals surface area contributed by atoms with Crippen molar-refractivity contribution < 1.29 is 22.7 Å². The summed E-state index contributed by atoms with van der Waals surface area (Å²) in [5.41, 5.74) is 1.58. The molecule has 1 aliphatic rings. The summed E-state index contributed by atoms with van der Waals surface area (Å²) >= 11 is 0. The van der Waals surface area contributed by atoms with Crippen LogP contribution >= 0.6 is 0 Å². The lowest BCUT2D eigenvalue weighted by Gasteiger charge is -2.10. The Balaban J connectivity index is 1.79. The van der Waals surface area contributed by atoms with E-state index in [1.54, 1.807) is 24.3 Å². The number of cyclic esters (lactones) is 1. The van der Waals surface area contributed by atoms with Crippen molar-refractivity contribution in [2.45, 2.75) is 17.4 Å². The van der Waals surface area contributed by atoms with Gasteiger partial charge in [0.15, 0.2) is 15.6 Å². The molecule has 0 aromatic heterocycles. The van der Waals surface area contributed by atoms with Crippen LogP contribution in [0.1, 0.15) is 38.8 Å². The summed E-state index contributed by atoms with van der Waals surface area (Å²) in [6, 6.07) is 12.7. The Morgan fingerprint density at radius 2 is 1.74 bits per heavy atom. The van der Waals surface area contributed by atoms with Crippen LogP contribution in [-0.2, 0) is 14.6 Å². The van der Waals surface area contributed by atoms with Crippen molar-refractivity contribution in [1.29, 1.82) is 0 Å². The van der Waals surface area contributed by atoms with E-state index < -0.39 is 21.9 Å². The molecule has 1 unspecified atom stereocenters. The minimum absolute atomic E-state index is 0.0287. The van der Waals surface area contributed by atoms with Gasteiger partial charge < -0.3 is 4.74 Å². The third-order valence-electron chi connectivity index (χ3n) is 3.75. The van der Waals surface area contributed by atoms with Gasteiger partial charge in [-0.25, -0.2) is 13.2 Å². The van der Waals surface area contributed by atoms with Gasteiger partial charge in [0, 0.05) is 17.4 Å². The minimum Gasteiger partial charge on any atom is -0.453 e. The molecular formula is C17H14O5S. The number of ether oxygens (including phenoxy) is 1. The van der Waals surface area contributed by atoms with Crippen molar-refractivity contribution in [3.8, 4) is 0 Å². The van der Waals surface area contributed by atoms with Crippen LogP contribution < -0.4 is 0 Å². The van der Waals surface area contributed by atoms with Crippen LogP contribution in [0.4, 0.5) is 0 Å². The zero-order valence-electron chi connectivity index (χ0n) is 12.4. The van der Waals surface area contributed by atoms with Gasteiger partial charge in [0.25, 0.3) is 0 Å². The zero-order valence-corrected chi connectivity index (χ0v) is 13.2. The number of hydrogen-bond donors (Lipinski definition) is 0. The first kappa shape index (κ1) is 15.4. The van der Waals surface area contributed by atoms with E-state index in [4.69, 9.17) is 4.74 Å². The predicted octanol–water partition coefficient (Wildman–Crippen LogP) is 2.57. The van der Waals surface area contributed by atoms with E-state index in [0.29, 0.717) is 16.7 Å². The molecule has 23 heavy (non-hydrogen) atoms. The molecule has 0 aliphatic carbocycles. The third-order valence-corrected chi connectivity index (χ3v) is 4.88. The van der Waals surface area contributed by atoms with Gasteiger partial charge in [0.05, 0.1) is 16.9 Å². The number of sulfone groups is 1. The van der Waals surface area contributed by atoms with E-state index in [1.165, 1.54) is 24.3 Å². The molecule has 0 saturated heterocycles. The molecule has 2 aromatic rings. The zero-order chi connectivity index (χ0) is 16.6. The Bertz CT molecular complexity index is 881. The normalized spacial score (nSPS) is 16.7. The molecule has 6 heteroatoms. The van der Waals surface area contributed by atoms with Gasteiger partial charge in [-0.2, -0.15) is 0 Å². The lowest BCUT2D eigenvalue weighted by Crippen LogP contribution is -2.08. The van der Waals surface area contributed by atoms with Crippen LogP contribution in [0, 0.1) is 0 Å². The average Bonchev–Trinajstić information content (AvgIpc) is 2.83. The number of fused-ring (bicyclic) bond motifs is 1. The van der Waals surface area contributed by atoms with Gasteiger partial charge in [0.2, 0.25) is 0 Å². The van der Waals surface area contributed by atoms with Crippen LogP contribution in [0.15, 0.2) is 53.4 Å². The van der Waals surface area contributed by atoms with Crippen molar-refractivity contribution in [3.05, 3.63) is 65.2 Å². The summed E-state index contributed by atoms with van der Waals surface area (Å²) in [6.45, 7) is 0. The van der Waals surface area contributed by atoms with Crippen LogP contribution in [0.2, 0.25) is 0 Å². The highest BCUT2D eigenvalue weighted by Gasteiger charge is 2.32. The number of carbonyl (C=O) groups is 2. The Morgan fingerprint density at radius 3 is 2.39 bits per heavy atom. The molecule has 118 valence electrons. The van der Waals surface area contributed by atoms with E-state index in [2.05, 4.69) is 0 Å².